The summed E-state index contributed by atoms with van der Waals surface area (Å²) in [6, 6.07) is 4.11. The topological polar surface area (TPSA) is 95.5 Å². The van der Waals surface area contributed by atoms with Gasteiger partial charge in [0.2, 0.25) is 0 Å². The van der Waals surface area contributed by atoms with Gasteiger partial charge in [-0.1, -0.05) is 12.5 Å². The molecule has 1 saturated heterocycles. The fraction of sp³-hybridized carbons (Fsp3) is 0.409. The van der Waals surface area contributed by atoms with Crippen molar-refractivity contribution in [1.82, 2.24) is 5.32 Å². The van der Waals surface area contributed by atoms with Crippen molar-refractivity contribution >= 4 is 21.7 Å². The Balaban J connectivity index is 1.81. The van der Waals surface area contributed by atoms with Gasteiger partial charge in [0.25, 0.3) is 10.0 Å². The summed E-state index contributed by atoms with van der Waals surface area (Å²) in [6.07, 6.45) is -1.31. The van der Waals surface area contributed by atoms with E-state index >= 15 is 0 Å². The fourth-order valence-corrected chi connectivity index (χ4v) is 5.56. The molecular formula is C22H22F4N2O4S. The lowest BCUT2D eigenvalue weighted by Crippen LogP contribution is -2.28. The molecule has 2 fully saturated rings. The number of sulfonamides is 1. The SMILES string of the molecule is O=C(O)c1cc(F)c(C2CC2)c(S(=O)(=O)Nc2cc(C(F)(F)F)ccc2C2CCCCN2)c1. The van der Waals surface area contributed by atoms with Crippen molar-refractivity contribution in [1.29, 1.82) is 0 Å². The van der Waals surface area contributed by atoms with Crippen LogP contribution >= 0.6 is 0 Å². The average Bonchev–Trinajstić information content (AvgIpc) is 3.58. The van der Waals surface area contributed by atoms with Gasteiger partial charge in [0.1, 0.15) is 5.82 Å². The molecule has 11 heteroatoms. The van der Waals surface area contributed by atoms with Crippen molar-refractivity contribution < 1.29 is 35.9 Å². The van der Waals surface area contributed by atoms with Gasteiger partial charge in [-0.2, -0.15) is 13.2 Å². The number of hydrogen-bond donors (Lipinski definition) is 3. The molecule has 0 aromatic heterocycles. The third-order valence-corrected chi connectivity index (χ3v) is 7.33. The predicted octanol–water partition coefficient (Wildman–Crippen LogP) is 5.04. The van der Waals surface area contributed by atoms with Gasteiger partial charge >= 0.3 is 12.1 Å². The Morgan fingerprint density at radius 3 is 2.39 bits per heavy atom. The summed E-state index contributed by atoms with van der Waals surface area (Å²) in [7, 11) is -4.60. The molecule has 33 heavy (non-hydrogen) atoms. The van der Waals surface area contributed by atoms with Crippen LogP contribution in [0, 0.1) is 5.82 Å². The summed E-state index contributed by atoms with van der Waals surface area (Å²) < 4.78 is 83.6. The maximum atomic E-state index is 14.7. The maximum Gasteiger partial charge on any atom is 0.416 e. The number of alkyl halides is 3. The van der Waals surface area contributed by atoms with Crippen LogP contribution in [0.4, 0.5) is 23.2 Å². The number of carbonyl (C=O) groups is 1. The van der Waals surface area contributed by atoms with Crippen molar-refractivity contribution in [3.63, 3.8) is 0 Å². The van der Waals surface area contributed by atoms with E-state index in [2.05, 4.69) is 10.0 Å². The number of carboxylic acid groups (broad SMARTS) is 1. The smallest absolute Gasteiger partial charge is 0.416 e. The highest BCUT2D eigenvalue weighted by Gasteiger charge is 2.36. The lowest BCUT2D eigenvalue weighted by molar-refractivity contribution is -0.137. The molecule has 0 spiro atoms. The van der Waals surface area contributed by atoms with Crippen LogP contribution in [0.5, 0.6) is 0 Å². The van der Waals surface area contributed by atoms with Gasteiger partial charge in [-0.3, -0.25) is 4.72 Å². The molecule has 0 amide bonds. The predicted molar refractivity (Wildman–Crippen MR) is 112 cm³/mol. The quantitative estimate of drug-likeness (QED) is 0.498. The summed E-state index contributed by atoms with van der Waals surface area (Å²) >= 11 is 0. The highest BCUT2D eigenvalue weighted by Crippen LogP contribution is 2.45. The van der Waals surface area contributed by atoms with E-state index in [1.807, 2.05) is 0 Å². The van der Waals surface area contributed by atoms with E-state index < -0.39 is 44.0 Å². The van der Waals surface area contributed by atoms with Gasteiger partial charge in [0, 0.05) is 11.6 Å². The molecule has 2 aliphatic rings. The van der Waals surface area contributed by atoms with E-state index in [0.717, 1.165) is 37.1 Å². The van der Waals surface area contributed by atoms with Crippen molar-refractivity contribution in [2.45, 2.75) is 55.1 Å². The zero-order chi connectivity index (χ0) is 24.0. The van der Waals surface area contributed by atoms with Gasteiger partial charge < -0.3 is 10.4 Å². The van der Waals surface area contributed by atoms with Gasteiger partial charge in [0.05, 0.1) is 21.7 Å². The molecule has 1 atom stereocenters. The minimum absolute atomic E-state index is 0.142. The number of piperidine rings is 1. The van der Waals surface area contributed by atoms with Crippen molar-refractivity contribution in [3.05, 3.63) is 58.4 Å². The number of nitrogens with one attached hydrogen (secondary N) is 2. The number of halogens is 4. The van der Waals surface area contributed by atoms with E-state index in [1.54, 1.807) is 0 Å². The number of benzene rings is 2. The lowest BCUT2D eigenvalue weighted by Gasteiger charge is -2.27. The molecule has 2 aromatic carbocycles. The number of anilines is 1. The molecule has 3 N–H and O–H groups in total. The second-order valence-electron chi connectivity index (χ2n) is 8.36. The first-order valence-electron chi connectivity index (χ1n) is 10.5. The first-order chi connectivity index (χ1) is 15.5. The molecule has 2 aromatic rings. The first kappa shape index (κ1) is 23.5. The number of aromatic carboxylic acids is 1. The lowest BCUT2D eigenvalue weighted by atomic mass is 9.95. The molecule has 4 rings (SSSR count). The van der Waals surface area contributed by atoms with Crippen LogP contribution in [0.2, 0.25) is 0 Å². The minimum Gasteiger partial charge on any atom is -0.478 e. The molecule has 1 saturated carbocycles. The van der Waals surface area contributed by atoms with Crippen molar-refractivity contribution in [2.75, 3.05) is 11.3 Å². The number of carboxylic acids is 1. The zero-order valence-electron chi connectivity index (χ0n) is 17.4. The van der Waals surface area contributed by atoms with Crippen molar-refractivity contribution in [3.8, 4) is 0 Å². The van der Waals surface area contributed by atoms with Crippen LogP contribution in [-0.2, 0) is 16.2 Å². The van der Waals surface area contributed by atoms with Crippen LogP contribution in [-0.4, -0.2) is 26.0 Å². The Labute approximate surface area is 188 Å². The van der Waals surface area contributed by atoms with E-state index in [4.69, 9.17) is 0 Å². The Kier molecular flexibility index (Phi) is 6.12. The molecule has 1 heterocycles. The fourth-order valence-electron chi connectivity index (χ4n) is 4.15. The molecular weight excluding hydrogens is 464 g/mol. The highest BCUT2D eigenvalue weighted by atomic mass is 32.2. The minimum atomic E-state index is -4.70. The Morgan fingerprint density at radius 2 is 1.82 bits per heavy atom. The highest BCUT2D eigenvalue weighted by molar-refractivity contribution is 7.92. The molecule has 0 bridgehead atoms. The second kappa shape index (κ2) is 8.60. The normalized spacial score (nSPS) is 19.3. The van der Waals surface area contributed by atoms with Gasteiger partial charge in [-0.25, -0.2) is 17.6 Å². The summed E-state index contributed by atoms with van der Waals surface area (Å²) in [4.78, 5) is 10.8. The molecule has 0 radical (unpaired) electrons. The van der Waals surface area contributed by atoms with Crippen LogP contribution in [0.25, 0.3) is 0 Å². The van der Waals surface area contributed by atoms with Crippen LogP contribution in [0.3, 0.4) is 0 Å². The van der Waals surface area contributed by atoms with Crippen LogP contribution in [0.1, 0.15) is 71.1 Å². The Morgan fingerprint density at radius 1 is 1.09 bits per heavy atom. The third kappa shape index (κ3) is 4.98. The van der Waals surface area contributed by atoms with Crippen molar-refractivity contribution in [2.24, 2.45) is 0 Å². The van der Waals surface area contributed by atoms with Gasteiger partial charge in [-0.15, -0.1) is 0 Å². The monoisotopic (exact) mass is 486 g/mol. The zero-order valence-corrected chi connectivity index (χ0v) is 18.2. The molecule has 178 valence electrons. The third-order valence-electron chi connectivity index (χ3n) is 5.92. The van der Waals surface area contributed by atoms with Crippen LogP contribution in [0.15, 0.2) is 35.2 Å². The van der Waals surface area contributed by atoms with E-state index in [-0.39, 0.29) is 23.2 Å². The molecule has 6 nitrogen and oxygen atoms in total. The van der Waals surface area contributed by atoms with Gasteiger partial charge in [0.15, 0.2) is 0 Å². The van der Waals surface area contributed by atoms with E-state index in [1.165, 1.54) is 6.07 Å². The first-order valence-corrected chi connectivity index (χ1v) is 12.0. The Hall–Kier alpha value is -2.66. The summed E-state index contributed by atoms with van der Waals surface area (Å²) in [6.45, 7) is 0.634. The molecule has 1 aliphatic heterocycles. The van der Waals surface area contributed by atoms with Gasteiger partial charge in [-0.05, 0) is 68.0 Å². The number of rotatable bonds is 6. The van der Waals surface area contributed by atoms with Crippen LogP contribution < -0.4 is 10.0 Å². The van der Waals surface area contributed by atoms with E-state index in [9.17, 15) is 35.9 Å². The maximum absolute atomic E-state index is 14.7. The average molecular weight is 486 g/mol. The summed E-state index contributed by atoms with van der Waals surface area (Å²) in [5.74, 6) is -2.87. The second-order valence-corrected chi connectivity index (χ2v) is 10.0. The standard InChI is InChI=1S/C22H22F4N2O4S/c23-16-9-13(21(29)30)10-19(20(16)12-4-5-12)33(31,32)28-18-11-14(22(24,25)26)6-7-15(18)17-3-1-2-8-27-17/h6-7,9-12,17,27-28H,1-5,8H2,(H,29,30). The molecule has 1 unspecified atom stereocenters. The number of hydrogen-bond acceptors (Lipinski definition) is 4. The molecule has 1 aliphatic carbocycles. The largest absolute Gasteiger partial charge is 0.478 e. The Bertz CT molecular complexity index is 1190. The summed E-state index contributed by atoms with van der Waals surface area (Å²) in [5, 5.41) is 12.4. The summed E-state index contributed by atoms with van der Waals surface area (Å²) in [5.41, 5.74) is -1.67. The van der Waals surface area contributed by atoms with E-state index in [0.29, 0.717) is 31.4 Å².